The first kappa shape index (κ1) is 28.9. The summed E-state index contributed by atoms with van der Waals surface area (Å²) in [6.45, 7) is 3.46. The van der Waals surface area contributed by atoms with Gasteiger partial charge in [0.15, 0.2) is 11.5 Å². The van der Waals surface area contributed by atoms with Crippen molar-refractivity contribution in [2.24, 2.45) is 0 Å². The summed E-state index contributed by atoms with van der Waals surface area (Å²) in [6, 6.07) is 2.88. The molecule has 2 aromatic carbocycles. The number of fused-ring (bicyclic) bond motifs is 1. The monoisotopic (exact) mass is 548 g/mol. The van der Waals surface area contributed by atoms with E-state index < -0.39 is 59.5 Å². The van der Waals surface area contributed by atoms with Crippen molar-refractivity contribution in [3.05, 3.63) is 52.6 Å². The number of benzene rings is 2. The molecule has 0 saturated heterocycles. The van der Waals surface area contributed by atoms with E-state index in [4.69, 9.17) is 14.2 Å². The molecule has 38 heavy (non-hydrogen) atoms. The molecule has 0 bridgehead atoms. The third kappa shape index (κ3) is 6.25. The first-order valence-corrected chi connectivity index (χ1v) is 11.5. The van der Waals surface area contributed by atoms with Gasteiger partial charge in [-0.15, -0.1) is 0 Å². The van der Waals surface area contributed by atoms with Crippen LogP contribution >= 0.6 is 0 Å². The van der Waals surface area contributed by atoms with Crippen LogP contribution in [0.3, 0.4) is 0 Å². The van der Waals surface area contributed by atoms with Gasteiger partial charge in [0.05, 0.1) is 50.1 Å². The molecule has 13 heteroatoms. The minimum atomic E-state index is -5.03. The summed E-state index contributed by atoms with van der Waals surface area (Å²) < 4.78 is 95.1. The maximum atomic E-state index is 13.2. The van der Waals surface area contributed by atoms with Gasteiger partial charge in [0.25, 0.3) is 0 Å². The maximum Gasteiger partial charge on any atom is 0.416 e. The summed E-state index contributed by atoms with van der Waals surface area (Å²) in [5.41, 5.74) is -2.68. The van der Waals surface area contributed by atoms with Crippen molar-refractivity contribution >= 4 is 17.7 Å². The van der Waals surface area contributed by atoms with Gasteiger partial charge >= 0.3 is 18.4 Å². The van der Waals surface area contributed by atoms with Gasteiger partial charge in [0.2, 0.25) is 5.91 Å². The Morgan fingerprint density at radius 1 is 0.947 bits per heavy atom. The van der Waals surface area contributed by atoms with E-state index in [2.05, 4.69) is 5.32 Å². The van der Waals surface area contributed by atoms with Gasteiger partial charge in [-0.05, 0) is 50.1 Å². The van der Waals surface area contributed by atoms with Crippen LogP contribution in [0.5, 0.6) is 11.5 Å². The summed E-state index contributed by atoms with van der Waals surface area (Å²) in [4.78, 5) is 26.9. The second kappa shape index (κ2) is 11.0. The lowest BCUT2D eigenvalue weighted by Crippen LogP contribution is -2.46. The molecule has 0 spiro atoms. The standard InChI is InChI=1S/C25H26F6N2O5/c1-5-38-23(35)33-13(2)6-18(17-11-20(36-3)21(37-4)12-19(17)33)32-22(34)9-14-7-15(24(26,27)28)10-16(8-14)25(29,30)31/h7-8,10-13,18H,5-6,9H2,1-4H3,(H,32,34)/t13-,18+/m1/s1. The highest BCUT2D eigenvalue weighted by atomic mass is 19.4. The van der Waals surface area contributed by atoms with Crippen molar-refractivity contribution in [3.8, 4) is 11.5 Å². The van der Waals surface area contributed by atoms with Crippen LogP contribution in [-0.4, -0.2) is 38.9 Å². The van der Waals surface area contributed by atoms with E-state index in [9.17, 15) is 35.9 Å². The molecular formula is C25H26F6N2O5. The van der Waals surface area contributed by atoms with Crippen LogP contribution < -0.4 is 19.7 Å². The highest BCUT2D eigenvalue weighted by Gasteiger charge is 2.38. The van der Waals surface area contributed by atoms with Crippen molar-refractivity contribution in [1.82, 2.24) is 5.32 Å². The van der Waals surface area contributed by atoms with E-state index in [-0.39, 0.29) is 24.8 Å². The lowest BCUT2D eigenvalue weighted by Gasteiger charge is -2.39. The Kier molecular flexibility index (Phi) is 8.37. The lowest BCUT2D eigenvalue weighted by atomic mass is 9.91. The predicted molar refractivity (Wildman–Crippen MR) is 124 cm³/mol. The van der Waals surface area contributed by atoms with E-state index in [1.54, 1.807) is 19.9 Å². The molecule has 2 aromatic rings. The molecule has 7 nitrogen and oxygen atoms in total. The highest BCUT2D eigenvalue weighted by Crippen LogP contribution is 2.44. The number of carbonyl (C=O) groups is 2. The molecule has 2 atom stereocenters. The first-order chi connectivity index (χ1) is 17.7. The van der Waals surface area contributed by atoms with Gasteiger partial charge in [-0.2, -0.15) is 26.3 Å². The Bertz CT molecular complexity index is 1170. The fourth-order valence-corrected chi connectivity index (χ4v) is 4.34. The molecule has 2 amide bonds. The SMILES string of the molecule is CCOC(=O)N1c2cc(OC)c(OC)cc2[C@@H](NC(=O)Cc2cc(C(F)(F)F)cc(C(F)(F)F)c2)C[C@H]1C. The fraction of sp³-hybridized carbons (Fsp3) is 0.440. The summed E-state index contributed by atoms with van der Waals surface area (Å²) in [5.74, 6) is -0.222. The van der Waals surface area contributed by atoms with E-state index in [1.807, 2.05) is 0 Å². The number of alkyl halides is 6. The molecule has 3 rings (SSSR count). The molecule has 208 valence electrons. The molecule has 0 saturated carbocycles. The number of anilines is 1. The number of ether oxygens (including phenoxy) is 3. The number of methoxy groups -OCH3 is 2. The molecular weight excluding hydrogens is 522 g/mol. The number of nitrogens with zero attached hydrogens (tertiary/aromatic N) is 1. The Morgan fingerprint density at radius 3 is 2.00 bits per heavy atom. The second-order valence-electron chi connectivity index (χ2n) is 8.63. The van der Waals surface area contributed by atoms with Crippen molar-refractivity contribution in [2.75, 3.05) is 25.7 Å². The molecule has 0 unspecified atom stereocenters. The van der Waals surface area contributed by atoms with Gasteiger partial charge in [0.1, 0.15) is 0 Å². The van der Waals surface area contributed by atoms with Crippen molar-refractivity contribution in [3.63, 3.8) is 0 Å². The molecule has 0 fully saturated rings. The summed E-state index contributed by atoms with van der Waals surface area (Å²) in [7, 11) is 2.78. The Labute approximate surface area is 214 Å². The largest absolute Gasteiger partial charge is 0.493 e. The topological polar surface area (TPSA) is 77.1 Å². The lowest BCUT2D eigenvalue weighted by molar-refractivity contribution is -0.143. The van der Waals surface area contributed by atoms with Crippen molar-refractivity contribution in [1.29, 1.82) is 0 Å². The zero-order valence-corrected chi connectivity index (χ0v) is 20.9. The molecule has 1 heterocycles. The molecule has 0 aromatic heterocycles. The van der Waals surface area contributed by atoms with Gasteiger partial charge in [-0.1, -0.05) is 0 Å². The number of rotatable bonds is 6. The summed E-state index contributed by atoms with van der Waals surface area (Å²) >= 11 is 0. The molecule has 1 aliphatic heterocycles. The molecule has 1 N–H and O–H groups in total. The van der Waals surface area contributed by atoms with Crippen molar-refractivity contribution in [2.45, 2.75) is 51.1 Å². The van der Waals surface area contributed by atoms with E-state index in [0.29, 0.717) is 29.1 Å². The van der Waals surface area contributed by atoms with Gasteiger partial charge in [-0.3, -0.25) is 9.69 Å². The number of hydrogen-bond donors (Lipinski definition) is 1. The zero-order valence-electron chi connectivity index (χ0n) is 20.9. The highest BCUT2D eigenvalue weighted by molar-refractivity contribution is 5.91. The minimum Gasteiger partial charge on any atom is -0.493 e. The summed E-state index contributed by atoms with van der Waals surface area (Å²) in [5, 5.41) is 2.67. The van der Waals surface area contributed by atoms with Crippen LogP contribution in [0.2, 0.25) is 0 Å². The van der Waals surface area contributed by atoms with Gasteiger partial charge < -0.3 is 19.5 Å². The normalized spacial score (nSPS) is 17.5. The number of amides is 2. The smallest absolute Gasteiger partial charge is 0.416 e. The van der Waals surface area contributed by atoms with Crippen LogP contribution in [0.1, 0.15) is 48.6 Å². The Balaban J connectivity index is 1.96. The third-order valence-corrected chi connectivity index (χ3v) is 6.00. The van der Waals surface area contributed by atoms with E-state index in [0.717, 1.165) is 0 Å². The second-order valence-corrected chi connectivity index (χ2v) is 8.63. The van der Waals surface area contributed by atoms with Crippen LogP contribution in [-0.2, 0) is 28.3 Å². The first-order valence-electron chi connectivity index (χ1n) is 11.5. The van der Waals surface area contributed by atoms with Crippen molar-refractivity contribution < 1.29 is 50.1 Å². The van der Waals surface area contributed by atoms with E-state index in [1.165, 1.54) is 25.2 Å². The average Bonchev–Trinajstić information content (AvgIpc) is 2.82. The third-order valence-electron chi connectivity index (χ3n) is 6.00. The average molecular weight is 548 g/mol. The van der Waals surface area contributed by atoms with Crippen LogP contribution in [0.15, 0.2) is 30.3 Å². The Hall–Kier alpha value is -3.64. The van der Waals surface area contributed by atoms with Gasteiger partial charge in [0, 0.05) is 17.7 Å². The molecule has 0 aliphatic carbocycles. The quantitative estimate of drug-likeness (QED) is 0.456. The molecule has 1 aliphatic rings. The number of hydrogen-bond acceptors (Lipinski definition) is 5. The Morgan fingerprint density at radius 2 is 1.50 bits per heavy atom. The van der Waals surface area contributed by atoms with E-state index >= 15 is 0 Å². The molecule has 0 radical (unpaired) electrons. The predicted octanol–water partition coefficient (Wildman–Crippen LogP) is 5.90. The van der Waals surface area contributed by atoms with Gasteiger partial charge in [-0.25, -0.2) is 4.79 Å². The van der Waals surface area contributed by atoms with Crippen LogP contribution in [0.25, 0.3) is 0 Å². The van der Waals surface area contributed by atoms with Crippen LogP contribution in [0.4, 0.5) is 36.8 Å². The minimum absolute atomic E-state index is 0.00407. The number of halogens is 6. The summed E-state index contributed by atoms with van der Waals surface area (Å²) in [6.07, 6.45) is -11.2. The fourth-order valence-electron chi connectivity index (χ4n) is 4.34. The zero-order chi connectivity index (χ0) is 28.4. The number of nitrogens with one attached hydrogen (secondary N) is 1. The van der Waals surface area contributed by atoms with Crippen LogP contribution in [0, 0.1) is 0 Å². The maximum absolute atomic E-state index is 13.2. The number of carbonyl (C=O) groups excluding carboxylic acids is 2.